The lowest BCUT2D eigenvalue weighted by atomic mass is 10.1. The van der Waals surface area contributed by atoms with E-state index in [4.69, 9.17) is 0 Å². The van der Waals surface area contributed by atoms with Crippen molar-refractivity contribution in [2.24, 2.45) is 0 Å². The Morgan fingerprint density at radius 3 is 2.76 bits per heavy atom. The van der Waals surface area contributed by atoms with Crippen LogP contribution in [0.3, 0.4) is 0 Å². The molecule has 1 aliphatic heterocycles. The second kappa shape index (κ2) is 4.67. The number of rotatable bonds is 2. The van der Waals surface area contributed by atoms with E-state index in [-0.39, 0.29) is 5.78 Å². The van der Waals surface area contributed by atoms with Gasteiger partial charge in [0.2, 0.25) is 5.78 Å². The van der Waals surface area contributed by atoms with E-state index in [0.29, 0.717) is 0 Å². The zero-order valence-electron chi connectivity index (χ0n) is 9.31. The van der Waals surface area contributed by atoms with Crippen LogP contribution in [-0.2, 0) is 12.2 Å². The number of hydrogen-bond acceptors (Lipinski definition) is 3. The summed E-state index contributed by atoms with van der Waals surface area (Å²) in [6.07, 6.45) is 1.12. The molecular formula is C14H12OS2. The van der Waals surface area contributed by atoms with Gasteiger partial charge in [-0.05, 0) is 23.8 Å². The number of carbonyl (C=O) groups excluding carboxylic acids is 1. The molecule has 3 heteroatoms. The fraction of sp³-hybridized carbons (Fsp3) is 0.214. The van der Waals surface area contributed by atoms with E-state index in [9.17, 15) is 4.79 Å². The number of thiophene rings is 1. The Bertz CT molecular complexity index is 519. The van der Waals surface area contributed by atoms with Gasteiger partial charge in [0.1, 0.15) is 0 Å². The third-order valence-electron chi connectivity index (χ3n) is 2.89. The molecule has 3 rings (SSSR count). The van der Waals surface area contributed by atoms with Crippen LogP contribution < -0.4 is 0 Å². The summed E-state index contributed by atoms with van der Waals surface area (Å²) in [5.74, 6) is 2.41. The van der Waals surface area contributed by atoms with Crippen LogP contribution in [-0.4, -0.2) is 11.5 Å². The molecule has 0 bridgehead atoms. The molecule has 0 radical (unpaired) electrons. The van der Waals surface area contributed by atoms with Crippen molar-refractivity contribution in [3.8, 4) is 0 Å². The Morgan fingerprint density at radius 1 is 1.18 bits per heavy atom. The van der Waals surface area contributed by atoms with Crippen LogP contribution in [0.2, 0.25) is 0 Å². The molecule has 0 N–H and O–H groups in total. The molecule has 0 unspecified atom stereocenters. The van der Waals surface area contributed by atoms with Gasteiger partial charge in [-0.3, -0.25) is 4.79 Å². The zero-order chi connectivity index (χ0) is 11.7. The lowest BCUT2D eigenvalue weighted by molar-refractivity contribution is 0.104. The van der Waals surface area contributed by atoms with Gasteiger partial charge in [0.15, 0.2) is 0 Å². The van der Waals surface area contributed by atoms with E-state index >= 15 is 0 Å². The third kappa shape index (κ3) is 2.17. The average Bonchev–Trinajstić information content (AvgIpc) is 2.82. The van der Waals surface area contributed by atoms with Crippen LogP contribution in [0.1, 0.15) is 25.7 Å². The molecule has 1 nitrogen and oxygen atoms in total. The first-order valence-corrected chi connectivity index (χ1v) is 7.61. The molecule has 86 valence electrons. The van der Waals surface area contributed by atoms with E-state index in [1.807, 2.05) is 42.1 Å². The summed E-state index contributed by atoms with van der Waals surface area (Å²) < 4.78 is 0. The van der Waals surface area contributed by atoms with E-state index in [1.165, 1.54) is 16.2 Å². The highest BCUT2D eigenvalue weighted by molar-refractivity contribution is 7.98. The molecule has 1 aliphatic rings. The number of carbonyl (C=O) groups is 1. The van der Waals surface area contributed by atoms with Crippen LogP contribution in [0.15, 0.2) is 36.4 Å². The minimum atomic E-state index is 0.162. The van der Waals surface area contributed by atoms with Crippen molar-refractivity contribution in [3.63, 3.8) is 0 Å². The molecule has 1 aromatic carbocycles. The first-order chi connectivity index (χ1) is 8.34. The van der Waals surface area contributed by atoms with E-state index in [1.54, 1.807) is 11.3 Å². The highest BCUT2D eigenvalue weighted by Crippen LogP contribution is 2.32. The summed E-state index contributed by atoms with van der Waals surface area (Å²) in [5, 5.41) is 0. The fourth-order valence-corrected chi connectivity index (χ4v) is 4.33. The van der Waals surface area contributed by atoms with Crippen molar-refractivity contribution in [2.45, 2.75) is 12.2 Å². The minimum absolute atomic E-state index is 0.162. The average molecular weight is 260 g/mol. The van der Waals surface area contributed by atoms with Gasteiger partial charge in [0.25, 0.3) is 0 Å². The molecular weight excluding hydrogens is 248 g/mol. The number of ketones is 1. The summed E-state index contributed by atoms with van der Waals surface area (Å²) in [6, 6.07) is 11.6. The Hall–Kier alpha value is -1.06. The Labute approximate surface area is 109 Å². The molecule has 0 saturated carbocycles. The third-order valence-corrected chi connectivity index (χ3v) is 5.13. The Kier molecular flexibility index (Phi) is 3.04. The van der Waals surface area contributed by atoms with Crippen LogP contribution in [0, 0.1) is 0 Å². The van der Waals surface area contributed by atoms with Crippen LogP contribution >= 0.6 is 23.1 Å². The smallest absolute Gasteiger partial charge is 0.202 e. The van der Waals surface area contributed by atoms with Gasteiger partial charge < -0.3 is 0 Å². The number of fused-ring (bicyclic) bond motifs is 1. The standard InChI is InChI=1S/C14H12OS2/c15-14(10-4-2-1-3-5-10)13-8-11-9-16-7-6-12(11)17-13/h1-5,8H,6-7,9H2. The summed E-state index contributed by atoms with van der Waals surface area (Å²) in [6.45, 7) is 0. The summed E-state index contributed by atoms with van der Waals surface area (Å²) in [7, 11) is 0. The summed E-state index contributed by atoms with van der Waals surface area (Å²) in [5.41, 5.74) is 2.16. The quantitative estimate of drug-likeness (QED) is 0.765. The molecule has 0 spiro atoms. The highest BCUT2D eigenvalue weighted by Gasteiger charge is 2.18. The number of aryl methyl sites for hydroxylation is 1. The molecule has 0 saturated heterocycles. The normalized spacial score (nSPS) is 14.4. The van der Waals surface area contributed by atoms with Gasteiger partial charge in [-0.15, -0.1) is 11.3 Å². The molecule has 0 fully saturated rings. The zero-order valence-corrected chi connectivity index (χ0v) is 10.9. The predicted molar refractivity (Wildman–Crippen MR) is 74.1 cm³/mol. The molecule has 1 aromatic heterocycles. The molecule has 0 atom stereocenters. The van der Waals surface area contributed by atoms with Gasteiger partial charge in [-0.2, -0.15) is 11.8 Å². The lowest BCUT2D eigenvalue weighted by Crippen LogP contribution is -1.97. The van der Waals surface area contributed by atoms with Crippen molar-refractivity contribution in [1.29, 1.82) is 0 Å². The molecule has 0 aliphatic carbocycles. The Balaban J connectivity index is 1.94. The summed E-state index contributed by atoms with van der Waals surface area (Å²) >= 11 is 3.63. The van der Waals surface area contributed by atoms with Gasteiger partial charge in [-0.1, -0.05) is 30.3 Å². The fourth-order valence-electron chi connectivity index (χ4n) is 1.99. The molecule has 2 aromatic rings. The van der Waals surface area contributed by atoms with Crippen LogP contribution in [0.25, 0.3) is 0 Å². The lowest BCUT2D eigenvalue weighted by Gasteiger charge is -2.08. The van der Waals surface area contributed by atoms with Crippen LogP contribution in [0.4, 0.5) is 0 Å². The van der Waals surface area contributed by atoms with Crippen molar-refractivity contribution >= 4 is 28.9 Å². The molecule has 0 amide bonds. The van der Waals surface area contributed by atoms with Gasteiger partial charge in [-0.25, -0.2) is 0 Å². The largest absolute Gasteiger partial charge is 0.288 e. The summed E-state index contributed by atoms with van der Waals surface area (Å²) in [4.78, 5) is 14.6. The van der Waals surface area contributed by atoms with Gasteiger partial charge in [0, 0.05) is 16.2 Å². The van der Waals surface area contributed by atoms with E-state index in [0.717, 1.165) is 22.6 Å². The van der Waals surface area contributed by atoms with Gasteiger partial charge >= 0.3 is 0 Å². The van der Waals surface area contributed by atoms with Crippen molar-refractivity contribution in [2.75, 3.05) is 5.75 Å². The highest BCUT2D eigenvalue weighted by atomic mass is 32.2. The number of benzene rings is 1. The maximum Gasteiger partial charge on any atom is 0.202 e. The molecule has 2 heterocycles. The van der Waals surface area contributed by atoms with Crippen molar-refractivity contribution < 1.29 is 4.79 Å². The minimum Gasteiger partial charge on any atom is -0.288 e. The van der Waals surface area contributed by atoms with E-state index in [2.05, 4.69) is 6.07 Å². The monoisotopic (exact) mass is 260 g/mol. The maximum absolute atomic E-state index is 12.3. The molecule has 17 heavy (non-hydrogen) atoms. The SMILES string of the molecule is O=C(c1ccccc1)c1cc2c(s1)CCSC2. The number of hydrogen-bond donors (Lipinski definition) is 0. The van der Waals surface area contributed by atoms with Crippen molar-refractivity contribution in [1.82, 2.24) is 0 Å². The maximum atomic E-state index is 12.3. The van der Waals surface area contributed by atoms with Crippen molar-refractivity contribution in [3.05, 3.63) is 57.3 Å². The predicted octanol–water partition coefficient (Wildman–Crippen LogP) is 3.77. The topological polar surface area (TPSA) is 17.1 Å². The first-order valence-electron chi connectivity index (χ1n) is 5.63. The first kappa shape index (κ1) is 11.1. The Morgan fingerprint density at radius 2 is 2.00 bits per heavy atom. The van der Waals surface area contributed by atoms with Crippen LogP contribution in [0.5, 0.6) is 0 Å². The van der Waals surface area contributed by atoms with Gasteiger partial charge in [0.05, 0.1) is 4.88 Å². The second-order valence-electron chi connectivity index (χ2n) is 4.06. The van der Waals surface area contributed by atoms with E-state index < -0.39 is 0 Å². The number of thioether (sulfide) groups is 1. The second-order valence-corrected chi connectivity index (χ2v) is 6.30.